The molecule has 8 nitrogen and oxygen atoms in total. The number of thiol groups is 1. The number of rotatable bonds is 65. The van der Waals surface area contributed by atoms with Crippen LogP contribution in [0.4, 0.5) is 0 Å². The Hall–Kier alpha value is 0.828. The number of unbranched alkanes of at least 4 members (excludes halogenated alkanes) is 30. The third-order valence-corrected chi connectivity index (χ3v) is 44.3. The Labute approximate surface area is 627 Å². The average Bonchev–Trinajstić information content (AvgIpc) is 0.854. The van der Waals surface area contributed by atoms with E-state index in [1.54, 1.807) is 0 Å². The summed E-state index contributed by atoms with van der Waals surface area (Å²) in [4.78, 5) is 18.0. The second-order valence-corrected chi connectivity index (χ2v) is 59.0. The monoisotopic (exact) mass is 1490 g/mol. The quantitative estimate of drug-likeness (QED) is 0.0270. The molecule has 4 unspecified atom stereocenters. The number of carbonyl (C=O) groups excluding carboxylic acids is 1. The number of hydrogen-bond donors (Lipinski definition) is 2. The zero-order chi connectivity index (χ0) is 74.4. The van der Waals surface area contributed by atoms with Gasteiger partial charge in [0.1, 0.15) is 0 Å². The van der Waals surface area contributed by atoms with Crippen molar-refractivity contribution in [1.29, 1.82) is 0 Å². The Kier molecular flexibility index (Phi) is 54.9. The van der Waals surface area contributed by atoms with Crippen molar-refractivity contribution < 1.29 is 27.6 Å². The van der Waals surface area contributed by atoms with Gasteiger partial charge in [-0.05, 0) is 148 Å². The molecule has 0 rings (SSSR count). The summed E-state index contributed by atoms with van der Waals surface area (Å²) in [6, 6.07) is 0. The highest BCUT2D eigenvalue weighted by Gasteiger charge is 2.43. The summed E-state index contributed by atoms with van der Waals surface area (Å²) < 4.78 is 30.2. The largest absolute Gasteiger partial charge is 0.413 e. The lowest BCUT2D eigenvalue weighted by Gasteiger charge is -2.43. The van der Waals surface area contributed by atoms with E-state index < -0.39 is 33.3 Å². The zero-order valence-electron chi connectivity index (χ0n) is 70.9. The van der Waals surface area contributed by atoms with Gasteiger partial charge in [0.05, 0.1) is 29.5 Å². The lowest BCUT2D eigenvalue weighted by molar-refractivity contribution is -0.110. The van der Waals surface area contributed by atoms with Crippen LogP contribution in [0, 0.1) is 0 Å². The van der Waals surface area contributed by atoms with Gasteiger partial charge in [0.25, 0.3) is 0 Å². The van der Waals surface area contributed by atoms with Crippen LogP contribution in [0.15, 0.2) is 0 Å². The summed E-state index contributed by atoms with van der Waals surface area (Å²) in [6.45, 7) is 63.7. The van der Waals surface area contributed by atoms with Crippen LogP contribution >= 0.6 is 23.1 Å². The smallest absolute Gasteiger partial charge is 0.192 e. The van der Waals surface area contributed by atoms with E-state index in [2.05, 4.69) is 186 Å². The second-order valence-electron chi connectivity index (χ2n) is 37.2. The highest BCUT2D eigenvalue weighted by atomic mass is 32.2. The van der Waals surface area contributed by atoms with E-state index in [-0.39, 0.29) is 66.6 Å². The molecule has 0 saturated carbocycles. The average molecular weight is 1490 g/mol. The molecule has 588 valence electrons. The molecular weight excluding hydrogens is 1310 g/mol. The van der Waals surface area contributed by atoms with Gasteiger partial charge in [0.15, 0.2) is 38.4 Å². The molecule has 0 fully saturated rings. The van der Waals surface area contributed by atoms with Gasteiger partial charge in [-0.25, -0.2) is 0 Å². The lowest BCUT2D eigenvalue weighted by Crippen LogP contribution is -2.50. The molecule has 0 radical (unpaired) electrons. The number of nitrogens with zero attached hydrogens (tertiary/aromatic N) is 2. The molecule has 0 aliphatic rings. The van der Waals surface area contributed by atoms with Crippen LogP contribution in [0.3, 0.4) is 0 Å². The van der Waals surface area contributed by atoms with Gasteiger partial charge in [-0.15, -0.1) is 12.6 Å². The molecule has 0 aliphatic carbocycles. The Bertz CT molecular complexity index is 1730. The Morgan fingerprint density at radius 1 is 0.337 bits per heavy atom. The standard InChI is InChI=1S/C84H178N2O6S2Si4/c1-25-29-33-37-41-45-49-53-61-75(89-95(17,18)81(5,6)7)71-85(72-76(90-96(19,20)82(8,9)10)62-54-50-46-42-38-34-30-26-2)67-57-59-69-94(80(88)66-65-79(87)93)70-60-58-68-86(73-77(91-97(21,22)83(11,12)13)63-55-51-47-43-39-35-31-27-3)74-78(92-98(23,24)84(14,15)16)64-56-52-48-44-40-36-32-28-4/h75-78,88H,25-74H2,1-24H3,(H,87,93). The molecule has 0 aliphatic heterocycles. The van der Waals surface area contributed by atoms with Crippen molar-refractivity contribution >= 4 is 66.5 Å². The van der Waals surface area contributed by atoms with Crippen molar-refractivity contribution in [2.24, 2.45) is 0 Å². The maximum Gasteiger partial charge on any atom is 0.192 e. The van der Waals surface area contributed by atoms with E-state index in [0.717, 1.165) is 102 Å². The molecule has 1 N–H and O–H groups in total. The molecule has 0 heterocycles. The first kappa shape index (κ1) is 98.8. The SMILES string of the molecule is CCCCCCCCCCC(CN(CCCCS(CCCCN(CC(CCCCCCCCCC)O[Si](C)(C)C(C)(C)C)CC(CCCCCCCCCC)O[Si](C)(C)C(C)(C)C)=C(O)CCC(=O)S)CC(CCCCCCCCCC)O[Si](C)(C)C(C)(C)C)O[Si](C)(C)C(C)(C)C. The predicted octanol–water partition coefficient (Wildman–Crippen LogP) is 28.0. The molecule has 0 spiro atoms. The Balaban J connectivity index is 7.40. The van der Waals surface area contributed by atoms with Crippen LogP contribution < -0.4 is 0 Å². The molecule has 0 bridgehead atoms. The molecule has 0 aromatic heterocycles. The van der Waals surface area contributed by atoms with Crippen LogP contribution in [0.1, 0.15) is 380 Å². The van der Waals surface area contributed by atoms with Gasteiger partial charge in [-0.2, -0.15) is 10.5 Å². The van der Waals surface area contributed by atoms with Crippen molar-refractivity contribution in [1.82, 2.24) is 9.80 Å². The minimum absolute atomic E-state index is 0.132. The summed E-state index contributed by atoms with van der Waals surface area (Å²) in [6.07, 6.45) is 52.4. The van der Waals surface area contributed by atoms with E-state index in [1.165, 1.54) is 205 Å². The van der Waals surface area contributed by atoms with Crippen molar-refractivity contribution in [2.45, 2.75) is 477 Å². The lowest BCUT2D eigenvalue weighted by atomic mass is 10.0. The van der Waals surface area contributed by atoms with Gasteiger partial charge in [0, 0.05) is 39.0 Å². The zero-order valence-corrected chi connectivity index (χ0v) is 76.6. The highest BCUT2D eigenvalue weighted by molar-refractivity contribution is 8.15. The number of hydrogen-bond acceptors (Lipinski definition) is 7. The number of carbonyl (C=O) groups is 1. The molecule has 14 heteroatoms. The minimum atomic E-state index is -2.08. The Morgan fingerprint density at radius 3 is 0.735 bits per heavy atom. The van der Waals surface area contributed by atoms with Gasteiger partial charge in [0.2, 0.25) is 0 Å². The maximum absolute atomic E-state index is 12.4. The summed E-state index contributed by atoms with van der Waals surface area (Å²) in [5.74, 6) is 1.91. The van der Waals surface area contributed by atoms with Crippen molar-refractivity contribution in [2.75, 3.05) is 50.8 Å². The molecule has 98 heavy (non-hydrogen) atoms. The van der Waals surface area contributed by atoms with Gasteiger partial charge in [-0.1, -0.05) is 316 Å². The molecule has 0 saturated heterocycles. The fourth-order valence-electron chi connectivity index (χ4n) is 12.7. The van der Waals surface area contributed by atoms with Crippen LogP contribution in [-0.4, -0.2) is 134 Å². The first-order chi connectivity index (χ1) is 45.8. The van der Waals surface area contributed by atoms with E-state index in [0.29, 0.717) is 11.5 Å². The minimum Gasteiger partial charge on any atom is -0.413 e. The molecule has 0 amide bonds. The number of aliphatic hydroxyl groups excluding tert-OH is 1. The van der Waals surface area contributed by atoms with Gasteiger partial charge >= 0.3 is 0 Å². The Morgan fingerprint density at radius 2 is 0.541 bits per heavy atom. The van der Waals surface area contributed by atoms with Crippen molar-refractivity contribution in [3.05, 3.63) is 0 Å². The van der Waals surface area contributed by atoms with Crippen LogP contribution in [0.5, 0.6) is 0 Å². The summed E-state index contributed by atoms with van der Waals surface area (Å²) >= 11 is 4.22. The summed E-state index contributed by atoms with van der Waals surface area (Å²) in [7, 11) is -8.62. The molecule has 0 aromatic rings. The maximum atomic E-state index is 12.4. The normalized spacial score (nSPS) is 15.0. The van der Waals surface area contributed by atoms with Crippen molar-refractivity contribution in [3.63, 3.8) is 0 Å². The van der Waals surface area contributed by atoms with E-state index in [1.807, 2.05) is 0 Å². The second kappa shape index (κ2) is 54.4. The van der Waals surface area contributed by atoms with Gasteiger partial charge in [-0.3, -0.25) is 14.6 Å². The predicted molar refractivity (Wildman–Crippen MR) is 457 cm³/mol. The number of aliphatic hydroxyl groups is 1. The first-order valence-corrected chi connectivity index (χ1v) is 56.0. The van der Waals surface area contributed by atoms with E-state index in [9.17, 15) is 9.90 Å². The van der Waals surface area contributed by atoms with Crippen molar-refractivity contribution in [3.8, 4) is 0 Å². The van der Waals surface area contributed by atoms with E-state index >= 15 is 0 Å². The fraction of sp³-hybridized carbons (Fsp3) is 0.976. The molecular formula is C84H178N2O6S2Si4. The van der Waals surface area contributed by atoms with Gasteiger partial charge < -0.3 is 22.8 Å². The van der Waals surface area contributed by atoms with Crippen LogP contribution in [-0.2, 0) is 22.5 Å². The molecule has 0 aromatic carbocycles. The fourth-order valence-corrected chi connectivity index (χ4v) is 20.5. The summed E-state index contributed by atoms with van der Waals surface area (Å²) in [5.41, 5.74) is 0. The van der Waals surface area contributed by atoms with Crippen LogP contribution in [0.2, 0.25) is 72.5 Å². The highest BCUT2D eigenvalue weighted by Crippen LogP contribution is 2.42. The third kappa shape index (κ3) is 48.2. The molecule has 4 atom stereocenters. The first-order valence-electron chi connectivity index (χ1n) is 42.4. The van der Waals surface area contributed by atoms with Crippen LogP contribution in [0.25, 0.3) is 0 Å². The topological polar surface area (TPSA) is 80.7 Å². The van der Waals surface area contributed by atoms with E-state index in [4.69, 9.17) is 17.7 Å². The summed E-state index contributed by atoms with van der Waals surface area (Å²) in [5, 5.41) is 13.0. The third-order valence-electron chi connectivity index (χ3n) is 23.6.